The maximum absolute atomic E-state index is 12.4. The molecule has 6 heteroatoms. The van der Waals surface area contributed by atoms with Crippen molar-refractivity contribution >= 4 is 34.8 Å². The van der Waals surface area contributed by atoms with E-state index in [1.54, 1.807) is 36.2 Å². The van der Waals surface area contributed by atoms with Crippen molar-refractivity contribution in [3.63, 3.8) is 0 Å². The molecule has 0 bridgehead atoms. The first kappa shape index (κ1) is 17.2. The molecule has 0 saturated carbocycles. The van der Waals surface area contributed by atoms with Gasteiger partial charge in [-0.15, -0.1) is 0 Å². The van der Waals surface area contributed by atoms with Crippen molar-refractivity contribution in [3.8, 4) is 0 Å². The van der Waals surface area contributed by atoms with Crippen LogP contribution in [0.3, 0.4) is 0 Å². The molecule has 1 aliphatic heterocycles. The fourth-order valence-corrected chi connectivity index (χ4v) is 2.84. The third-order valence-corrected chi connectivity index (χ3v) is 4.14. The van der Waals surface area contributed by atoms with E-state index < -0.39 is 5.97 Å². The second kappa shape index (κ2) is 7.49. The van der Waals surface area contributed by atoms with Gasteiger partial charge in [0.15, 0.2) is 5.78 Å². The third kappa shape index (κ3) is 3.72. The van der Waals surface area contributed by atoms with E-state index in [0.29, 0.717) is 5.02 Å². The highest BCUT2D eigenvalue weighted by atomic mass is 35.5. The Kier molecular flexibility index (Phi) is 5.14. The molecule has 1 aliphatic rings. The van der Waals surface area contributed by atoms with Gasteiger partial charge in [0.1, 0.15) is 0 Å². The Morgan fingerprint density at radius 3 is 2.52 bits per heavy atom. The highest BCUT2D eigenvalue weighted by molar-refractivity contribution is 6.64. The van der Waals surface area contributed by atoms with Crippen LogP contribution in [0.4, 0.5) is 5.69 Å². The lowest BCUT2D eigenvalue weighted by molar-refractivity contribution is -0.135. The van der Waals surface area contributed by atoms with Crippen LogP contribution in [0.1, 0.15) is 24.9 Å². The summed E-state index contributed by atoms with van der Waals surface area (Å²) in [5, 5.41) is 6.60. The number of carbonyl (C=O) groups excluding carboxylic acids is 2. The van der Waals surface area contributed by atoms with E-state index in [9.17, 15) is 9.59 Å². The van der Waals surface area contributed by atoms with Gasteiger partial charge in [-0.05, 0) is 36.8 Å². The quantitative estimate of drug-likeness (QED) is 0.782. The molecule has 3 rings (SSSR count). The van der Waals surface area contributed by atoms with Crippen LogP contribution in [-0.2, 0) is 14.3 Å². The van der Waals surface area contributed by atoms with Crippen molar-refractivity contribution in [3.05, 3.63) is 65.2 Å². The number of rotatable bonds is 4. The number of anilines is 1. The van der Waals surface area contributed by atoms with Crippen molar-refractivity contribution in [2.75, 3.05) is 11.6 Å². The molecule has 0 aliphatic carbocycles. The summed E-state index contributed by atoms with van der Waals surface area (Å²) in [6.07, 6.45) is 0.143. The van der Waals surface area contributed by atoms with Gasteiger partial charge in [0.05, 0.1) is 18.3 Å². The minimum atomic E-state index is -0.696. The van der Waals surface area contributed by atoms with Gasteiger partial charge in [-0.3, -0.25) is 9.80 Å². The average Bonchev–Trinajstić information content (AvgIpc) is 2.63. The Morgan fingerprint density at radius 1 is 1.20 bits per heavy atom. The first-order valence-electron chi connectivity index (χ1n) is 7.99. The van der Waals surface area contributed by atoms with Gasteiger partial charge in [-0.25, -0.2) is 4.79 Å². The summed E-state index contributed by atoms with van der Waals surface area (Å²) >= 11 is 5.96. The highest BCUT2D eigenvalue weighted by Gasteiger charge is 2.35. The van der Waals surface area contributed by atoms with Crippen LogP contribution >= 0.6 is 11.6 Å². The molecular weight excluding hydrogens is 340 g/mol. The van der Waals surface area contributed by atoms with E-state index in [2.05, 4.69) is 5.10 Å². The number of esters is 1. The van der Waals surface area contributed by atoms with Gasteiger partial charge in [0.25, 0.3) is 0 Å². The number of hydrogen-bond donors (Lipinski definition) is 0. The van der Waals surface area contributed by atoms with Gasteiger partial charge in [0, 0.05) is 11.4 Å². The van der Waals surface area contributed by atoms with E-state index in [1.165, 1.54) is 0 Å². The number of ketones is 1. The molecule has 0 spiro atoms. The maximum Gasteiger partial charge on any atom is 0.362 e. The molecule has 1 atom stereocenters. The van der Waals surface area contributed by atoms with Crippen LogP contribution in [0.5, 0.6) is 0 Å². The molecule has 0 aromatic heterocycles. The first-order valence-corrected chi connectivity index (χ1v) is 8.36. The van der Waals surface area contributed by atoms with Crippen LogP contribution < -0.4 is 5.01 Å². The zero-order valence-corrected chi connectivity index (χ0v) is 14.4. The molecule has 2 aromatic rings. The molecule has 1 heterocycles. The molecule has 0 fully saturated rings. The first-order chi connectivity index (χ1) is 12.1. The van der Waals surface area contributed by atoms with Crippen molar-refractivity contribution in [2.45, 2.75) is 19.4 Å². The Bertz CT molecular complexity index is 803. The van der Waals surface area contributed by atoms with Crippen molar-refractivity contribution in [2.24, 2.45) is 5.10 Å². The predicted molar refractivity (Wildman–Crippen MR) is 96.8 cm³/mol. The van der Waals surface area contributed by atoms with E-state index >= 15 is 0 Å². The van der Waals surface area contributed by atoms with Gasteiger partial charge in [-0.2, -0.15) is 5.10 Å². The predicted octanol–water partition coefficient (Wildman–Crippen LogP) is 3.78. The zero-order chi connectivity index (χ0) is 17.8. The Balaban J connectivity index is 2.05. The van der Waals surface area contributed by atoms with E-state index in [1.807, 2.05) is 30.3 Å². The molecule has 0 saturated heterocycles. The van der Waals surface area contributed by atoms with Gasteiger partial charge in [-0.1, -0.05) is 41.9 Å². The van der Waals surface area contributed by atoms with E-state index in [0.717, 1.165) is 11.3 Å². The molecule has 25 heavy (non-hydrogen) atoms. The molecule has 128 valence electrons. The average molecular weight is 357 g/mol. The Morgan fingerprint density at radius 2 is 1.88 bits per heavy atom. The molecule has 0 radical (unpaired) electrons. The van der Waals surface area contributed by atoms with Crippen molar-refractivity contribution < 1.29 is 14.3 Å². The second-order valence-corrected chi connectivity index (χ2v) is 5.98. The summed E-state index contributed by atoms with van der Waals surface area (Å²) in [5.74, 6) is -1.02. The SMILES string of the molecule is CCOC(=O)C1=NN(c2ccc(Cl)cc2)[C@@H](c2ccccc2)CC1=O. The number of nitrogens with zero attached hydrogens (tertiary/aromatic N) is 2. The number of carbonyl (C=O) groups is 2. The Labute approximate surface area is 150 Å². The minimum Gasteiger partial charge on any atom is -0.461 e. The third-order valence-electron chi connectivity index (χ3n) is 3.89. The molecule has 5 nitrogen and oxygen atoms in total. The summed E-state index contributed by atoms with van der Waals surface area (Å²) < 4.78 is 4.96. The molecular formula is C19H17ClN2O3. The molecule has 0 unspecified atom stereocenters. The number of benzene rings is 2. The molecule has 0 N–H and O–H groups in total. The summed E-state index contributed by atoms with van der Waals surface area (Å²) in [4.78, 5) is 24.5. The van der Waals surface area contributed by atoms with Gasteiger partial charge >= 0.3 is 5.97 Å². The topological polar surface area (TPSA) is 59.0 Å². The van der Waals surface area contributed by atoms with E-state index in [4.69, 9.17) is 16.3 Å². The number of Topliss-reactive ketones (excluding diaryl/α,β-unsaturated/α-hetero) is 1. The maximum atomic E-state index is 12.4. The number of hydrogen-bond acceptors (Lipinski definition) is 5. The summed E-state index contributed by atoms with van der Waals surface area (Å²) in [6, 6.07) is 16.4. The number of hydrazone groups is 1. The second-order valence-electron chi connectivity index (χ2n) is 5.54. The smallest absolute Gasteiger partial charge is 0.362 e. The number of ether oxygens (including phenoxy) is 1. The van der Waals surface area contributed by atoms with Crippen LogP contribution in [0.2, 0.25) is 5.02 Å². The van der Waals surface area contributed by atoms with Crippen LogP contribution in [0.15, 0.2) is 59.7 Å². The highest BCUT2D eigenvalue weighted by Crippen LogP contribution is 2.34. The lowest BCUT2D eigenvalue weighted by Gasteiger charge is -2.33. The summed E-state index contributed by atoms with van der Waals surface area (Å²) in [5.41, 5.74) is 1.51. The van der Waals surface area contributed by atoms with Crippen molar-refractivity contribution in [1.29, 1.82) is 0 Å². The van der Waals surface area contributed by atoms with Crippen LogP contribution in [-0.4, -0.2) is 24.1 Å². The van der Waals surface area contributed by atoms with Crippen molar-refractivity contribution in [1.82, 2.24) is 0 Å². The Hall–Kier alpha value is -2.66. The monoisotopic (exact) mass is 356 g/mol. The fraction of sp³-hybridized carbons (Fsp3) is 0.211. The largest absolute Gasteiger partial charge is 0.461 e. The minimum absolute atomic E-state index is 0.143. The van der Waals surface area contributed by atoms with E-state index in [-0.39, 0.29) is 30.6 Å². The fourth-order valence-electron chi connectivity index (χ4n) is 2.71. The summed E-state index contributed by atoms with van der Waals surface area (Å²) in [6.45, 7) is 1.88. The van der Waals surface area contributed by atoms with Crippen LogP contribution in [0, 0.1) is 0 Å². The number of halogens is 1. The standard InChI is InChI=1S/C19H17ClN2O3/c1-2-25-19(24)18-17(23)12-16(13-6-4-3-5-7-13)22(21-18)15-10-8-14(20)9-11-15/h3-11,16H,2,12H2,1H3/t16-/m1/s1. The lowest BCUT2D eigenvalue weighted by Crippen LogP contribution is -2.39. The van der Waals surface area contributed by atoms with Gasteiger partial charge in [0.2, 0.25) is 5.71 Å². The van der Waals surface area contributed by atoms with Gasteiger partial charge < -0.3 is 4.74 Å². The summed E-state index contributed by atoms with van der Waals surface area (Å²) in [7, 11) is 0. The van der Waals surface area contributed by atoms with Crippen LogP contribution in [0.25, 0.3) is 0 Å². The molecule has 0 amide bonds. The lowest BCUT2D eigenvalue weighted by atomic mass is 9.96. The zero-order valence-electron chi connectivity index (χ0n) is 13.7. The normalized spacial score (nSPS) is 17.2. The molecule has 2 aromatic carbocycles.